The van der Waals surface area contributed by atoms with E-state index in [2.05, 4.69) is 27.5 Å². The fraction of sp³-hybridized carbons (Fsp3) is 0.273. The summed E-state index contributed by atoms with van der Waals surface area (Å²) in [4.78, 5) is 9.12. The molecule has 146 valence electrons. The lowest BCUT2D eigenvalue weighted by Gasteiger charge is -2.14. The molecule has 2 N–H and O–H groups in total. The van der Waals surface area contributed by atoms with Crippen LogP contribution in [-0.4, -0.2) is 24.2 Å². The predicted octanol–water partition coefficient (Wildman–Crippen LogP) is 5.16. The number of hydrogen-bond acceptors (Lipinski definition) is 6. The van der Waals surface area contributed by atoms with Crippen LogP contribution in [0.25, 0.3) is 0 Å². The van der Waals surface area contributed by atoms with Gasteiger partial charge in [0.2, 0.25) is 5.95 Å². The first-order valence-electron chi connectivity index (χ1n) is 9.23. The average Bonchev–Trinajstić information content (AvgIpc) is 2.71. The van der Waals surface area contributed by atoms with Crippen molar-refractivity contribution in [3.8, 4) is 11.5 Å². The van der Waals surface area contributed by atoms with E-state index in [0.717, 1.165) is 51.8 Å². The first-order chi connectivity index (χ1) is 13.5. The summed E-state index contributed by atoms with van der Waals surface area (Å²) in [7, 11) is 3.34. The van der Waals surface area contributed by atoms with Crippen LogP contribution in [0.2, 0.25) is 0 Å². The van der Waals surface area contributed by atoms with E-state index in [1.165, 1.54) is 0 Å². The molecule has 6 heteroatoms. The summed E-state index contributed by atoms with van der Waals surface area (Å²) in [6.07, 6.45) is 2.67. The molecule has 0 atom stereocenters. The van der Waals surface area contributed by atoms with Gasteiger partial charge in [-0.1, -0.05) is 19.1 Å². The summed E-state index contributed by atoms with van der Waals surface area (Å²) in [5, 5.41) is 6.64. The van der Waals surface area contributed by atoms with Gasteiger partial charge in [-0.05, 0) is 43.5 Å². The third-order valence-electron chi connectivity index (χ3n) is 4.58. The number of aromatic nitrogens is 2. The van der Waals surface area contributed by atoms with Crippen LogP contribution in [-0.2, 0) is 6.42 Å². The SMILES string of the molecule is CCc1cnc(Nc2ccc(C)c(OC)c2)nc1Nc1ccc(C)c(OC)c1. The molecule has 28 heavy (non-hydrogen) atoms. The van der Waals surface area contributed by atoms with Crippen LogP contribution in [0, 0.1) is 13.8 Å². The van der Waals surface area contributed by atoms with Gasteiger partial charge in [-0.25, -0.2) is 4.98 Å². The number of rotatable bonds is 7. The third kappa shape index (κ3) is 4.34. The van der Waals surface area contributed by atoms with Gasteiger partial charge >= 0.3 is 0 Å². The number of hydrogen-bond donors (Lipinski definition) is 2. The molecule has 1 aromatic heterocycles. The lowest BCUT2D eigenvalue weighted by atomic mass is 10.2. The number of ether oxygens (including phenoxy) is 2. The zero-order valence-corrected chi connectivity index (χ0v) is 17.0. The first kappa shape index (κ1) is 19.5. The van der Waals surface area contributed by atoms with E-state index in [1.807, 2.05) is 56.4 Å². The molecule has 0 aliphatic rings. The quantitative estimate of drug-likeness (QED) is 0.592. The highest BCUT2D eigenvalue weighted by Crippen LogP contribution is 2.28. The van der Waals surface area contributed by atoms with E-state index < -0.39 is 0 Å². The number of anilines is 4. The second kappa shape index (κ2) is 8.61. The minimum Gasteiger partial charge on any atom is -0.496 e. The Hall–Kier alpha value is -3.28. The lowest BCUT2D eigenvalue weighted by molar-refractivity contribution is 0.412. The molecular weight excluding hydrogens is 352 g/mol. The Balaban J connectivity index is 1.88. The van der Waals surface area contributed by atoms with Crippen molar-refractivity contribution in [2.24, 2.45) is 0 Å². The van der Waals surface area contributed by atoms with Gasteiger partial charge in [0.25, 0.3) is 0 Å². The molecule has 3 rings (SSSR count). The summed E-state index contributed by atoms with van der Waals surface area (Å²) in [6, 6.07) is 11.9. The van der Waals surface area contributed by atoms with E-state index in [9.17, 15) is 0 Å². The van der Waals surface area contributed by atoms with E-state index in [1.54, 1.807) is 14.2 Å². The molecule has 0 bridgehead atoms. The molecule has 0 radical (unpaired) electrons. The Bertz CT molecular complexity index is 973. The normalized spacial score (nSPS) is 10.5. The number of nitrogens with zero attached hydrogens (tertiary/aromatic N) is 2. The lowest BCUT2D eigenvalue weighted by Crippen LogP contribution is -2.04. The smallest absolute Gasteiger partial charge is 0.229 e. The fourth-order valence-electron chi connectivity index (χ4n) is 2.90. The highest BCUT2D eigenvalue weighted by Gasteiger charge is 2.09. The van der Waals surface area contributed by atoms with Crippen molar-refractivity contribution < 1.29 is 9.47 Å². The Morgan fingerprint density at radius 1 is 0.857 bits per heavy atom. The van der Waals surface area contributed by atoms with Gasteiger partial charge in [0, 0.05) is 35.3 Å². The standard InChI is InChI=1S/C22H26N4O2/c1-6-16-13-23-22(25-18-10-8-15(3)20(12-18)28-5)26-21(16)24-17-9-7-14(2)19(11-17)27-4/h7-13H,6H2,1-5H3,(H2,23,24,25,26). The zero-order chi connectivity index (χ0) is 20.1. The summed E-state index contributed by atoms with van der Waals surface area (Å²) >= 11 is 0. The fourth-order valence-corrected chi connectivity index (χ4v) is 2.90. The maximum absolute atomic E-state index is 5.42. The van der Waals surface area contributed by atoms with Crippen molar-refractivity contribution in [3.05, 3.63) is 59.3 Å². The van der Waals surface area contributed by atoms with Crippen LogP contribution in [0.5, 0.6) is 11.5 Å². The monoisotopic (exact) mass is 378 g/mol. The minimum atomic E-state index is 0.518. The Morgan fingerprint density at radius 2 is 1.43 bits per heavy atom. The Morgan fingerprint density at radius 3 is 1.96 bits per heavy atom. The number of aryl methyl sites for hydroxylation is 3. The van der Waals surface area contributed by atoms with Crippen molar-refractivity contribution in [3.63, 3.8) is 0 Å². The minimum absolute atomic E-state index is 0.518. The molecule has 0 aliphatic carbocycles. The van der Waals surface area contributed by atoms with Crippen molar-refractivity contribution in [2.45, 2.75) is 27.2 Å². The molecular formula is C22H26N4O2. The summed E-state index contributed by atoms with van der Waals surface area (Å²) < 4.78 is 10.8. The molecule has 0 amide bonds. The molecule has 0 unspecified atom stereocenters. The highest BCUT2D eigenvalue weighted by molar-refractivity contribution is 5.64. The number of benzene rings is 2. The zero-order valence-electron chi connectivity index (χ0n) is 17.0. The van der Waals surface area contributed by atoms with Gasteiger partial charge in [0.1, 0.15) is 17.3 Å². The summed E-state index contributed by atoms with van der Waals surface area (Å²) in [6.45, 7) is 6.10. The second-order valence-corrected chi connectivity index (χ2v) is 6.54. The van der Waals surface area contributed by atoms with Crippen LogP contribution < -0.4 is 20.1 Å². The Labute approximate surface area is 166 Å². The van der Waals surface area contributed by atoms with E-state index in [-0.39, 0.29) is 0 Å². The van der Waals surface area contributed by atoms with E-state index in [4.69, 9.17) is 9.47 Å². The molecule has 1 heterocycles. The van der Waals surface area contributed by atoms with E-state index in [0.29, 0.717) is 5.95 Å². The molecule has 0 saturated carbocycles. The largest absolute Gasteiger partial charge is 0.496 e. The number of methoxy groups -OCH3 is 2. The molecule has 0 fully saturated rings. The molecule has 0 saturated heterocycles. The van der Waals surface area contributed by atoms with Gasteiger partial charge in [-0.15, -0.1) is 0 Å². The maximum atomic E-state index is 5.42. The van der Waals surface area contributed by atoms with Gasteiger partial charge < -0.3 is 20.1 Å². The highest BCUT2D eigenvalue weighted by atomic mass is 16.5. The van der Waals surface area contributed by atoms with Crippen LogP contribution >= 0.6 is 0 Å². The van der Waals surface area contributed by atoms with Gasteiger partial charge in [-0.3, -0.25) is 0 Å². The van der Waals surface area contributed by atoms with Crippen molar-refractivity contribution in [1.82, 2.24) is 9.97 Å². The maximum Gasteiger partial charge on any atom is 0.229 e. The third-order valence-corrected chi connectivity index (χ3v) is 4.58. The average molecular weight is 378 g/mol. The van der Waals surface area contributed by atoms with E-state index >= 15 is 0 Å². The topological polar surface area (TPSA) is 68.3 Å². The molecule has 2 aromatic carbocycles. The van der Waals surface area contributed by atoms with Gasteiger partial charge in [0.15, 0.2) is 0 Å². The van der Waals surface area contributed by atoms with Crippen molar-refractivity contribution >= 4 is 23.1 Å². The van der Waals surface area contributed by atoms with Gasteiger partial charge in [0.05, 0.1) is 14.2 Å². The predicted molar refractivity (Wildman–Crippen MR) is 113 cm³/mol. The van der Waals surface area contributed by atoms with Crippen molar-refractivity contribution in [1.29, 1.82) is 0 Å². The summed E-state index contributed by atoms with van der Waals surface area (Å²) in [5.74, 6) is 2.94. The molecule has 0 aliphatic heterocycles. The van der Waals surface area contributed by atoms with Gasteiger partial charge in [-0.2, -0.15) is 4.98 Å². The first-order valence-corrected chi connectivity index (χ1v) is 9.23. The molecule has 3 aromatic rings. The molecule has 0 spiro atoms. The van der Waals surface area contributed by atoms with Crippen LogP contribution in [0.4, 0.5) is 23.1 Å². The Kier molecular flexibility index (Phi) is 5.99. The molecule has 6 nitrogen and oxygen atoms in total. The summed E-state index contributed by atoms with van der Waals surface area (Å²) in [5.41, 5.74) is 4.98. The van der Waals surface area contributed by atoms with Crippen molar-refractivity contribution in [2.75, 3.05) is 24.9 Å². The number of nitrogens with one attached hydrogen (secondary N) is 2. The second-order valence-electron chi connectivity index (χ2n) is 6.54. The van der Waals surface area contributed by atoms with Crippen LogP contribution in [0.1, 0.15) is 23.6 Å². The van der Waals surface area contributed by atoms with Crippen LogP contribution in [0.3, 0.4) is 0 Å². The van der Waals surface area contributed by atoms with Crippen LogP contribution in [0.15, 0.2) is 42.6 Å².